The summed E-state index contributed by atoms with van der Waals surface area (Å²) in [5.74, 6) is 0.247. The monoisotopic (exact) mass is 599 g/mol. The highest BCUT2D eigenvalue weighted by Crippen LogP contribution is 2.26. The van der Waals surface area contributed by atoms with Crippen molar-refractivity contribution in [2.75, 3.05) is 13.7 Å². The lowest BCUT2D eigenvalue weighted by Gasteiger charge is -2.32. The molecule has 224 valence electrons. The summed E-state index contributed by atoms with van der Waals surface area (Å²) < 4.78 is 32.3. The smallest absolute Gasteiger partial charge is 0.247 e. The largest absolute Gasteiger partial charge is 0.497 e. The number of nitrogens with zero attached hydrogens (tertiary/aromatic N) is 1. The van der Waals surface area contributed by atoms with Gasteiger partial charge >= 0.3 is 0 Å². The van der Waals surface area contributed by atoms with Gasteiger partial charge < -0.3 is 15.0 Å². The second kappa shape index (κ2) is 15.1. The number of benzene rings is 4. The first kappa shape index (κ1) is 31.5. The summed E-state index contributed by atoms with van der Waals surface area (Å²) >= 11 is 0. The van der Waals surface area contributed by atoms with Crippen LogP contribution in [0.5, 0.6) is 5.75 Å². The number of amides is 2. The van der Waals surface area contributed by atoms with E-state index >= 15 is 0 Å². The van der Waals surface area contributed by atoms with Crippen molar-refractivity contribution in [2.45, 2.75) is 43.8 Å². The van der Waals surface area contributed by atoms with Crippen molar-refractivity contribution in [2.24, 2.45) is 0 Å². The van der Waals surface area contributed by atoms with Gasteiger partial charge in [0, 0.05) is 26.1 Å². The third-order valence-corrected chi connectivity index (χ3v) is 8.57. The zero-order valence-electron chi connectivity index (χ0n) is 24.4. The van der Waals surface area contributed by atoms with Gasteiger partial charge in [-0.25, -0.2) is 13.1 Å². The normalized spacial score (nSPS) is 11.9. The molecule has 0 radical (unpaired) electrons. The third kappa shape index (κ3) is 8.76. The highest BCUT2D eigenvalue weighted by Gasteiger charge is 2.31. The molecule has 4 aromatic rings. The zero-order valence-corrected chi connectivity index (χ0v) is 25.2. The Kier molecular flexibility index (Phi) is 11.1. The van der Waals surface area contributed by atoms with Gasteiger partial charge in [0.25, 0.3) is 0 Å². The lowest BCUT2D eigenvalue weighted by Crippen LogP contribution is -2.43. The lowest BCUT2D eigenvalue weighted by molar-refractivity contribution is -0.141. The van der Waals surface area contributed by atoms with Gasteiger partial charge in [0.2, 0.25) is 21.8 Å². The van der Waals surface area contributed by atoms with Gasteiger partial charge in [-0.15, -0.1) is 0 Å². The Morgan fingerprint density at radius 3 is 2.00 bits per heavy atom. The van der Waals surface area contributed by atoms with Crippen molar-refractivity contribution >= 4 is 21.8 Å². The van der Waals surface area contributed by atoms with Crippen LogP contribution in [0, 0.1) is 0 Å². The number of aryl methyl sites for hydroxylation is 1. The maximum absolute atomic E-state index is 13.9. The van der Waals surface area contributed by atoms with Crippen molar-refractivity contribution in [3.05, 3.63) is 131 Å². The average molecular weight is 600 g/mol. The Hall–Kier alpha value is -4.47. The summed E-state index contributed by atoms with van der Waals surface area (Å²) in [6.45, 7) is 2.56. The van der Waals surface area contributed by atoms with E-state index in [1.54, 1.807) is 43.2 Å². The van der Waals surface area contributed by atoms with E-state index in [0.717, 1.165) is 22.4 Å². The SMILES string of the molecule is CCNS(=O)(=O)c1ccc(CCC(=O)N(Cc2ccccc2)C(C(=O)NCc2ccc(OC)cc2)c2ccccc2)cc1. The first-order valence-corrected chi connectivity index (χ1v) is 15.7. The molecular formula is C34H37N3O5S. The summed E-state index contributed by atoms with van der Waals surface area (Å²) in [6.07, 6.45) is 0.530. The fourth-order valence-corrected chi connectivity index (χ4v) is 5.79. The minimum absolute atomic E-state index is 0.140. The number of hydrogen-bond donors (Lipinski definition) is 2. The van der Waals surface area contributed by atoms with Crippen LogP contribution in [0.3, 0.4) is 0 Å². The summed E-state index contributed by atoms with van der Waals surface area (Å²) in [4.78, 5) is 29.6. The quantitative estimate of drug-likeness (QED) is 0.212. The molecule has 0 saturated heterocycles. The Labute approximate surface area is 253 Å². The van der Waals surface area contributed by atoms with Gasteiger partial charge in [-0.1, -0.05) is 91.9 Å². The van der Waals surface area contributed by atoms with E-state index in [1.807, 2.05) is 84.9 Å². The van der Waals surface area contributed by atoms with E-state index < -0.39 is 16.1 Å². The van der Waals surface area contributed by atoms with Crippen LogP contribution in [0.4, 0.5) is 0 Å². The first-order valence-electron chi connectivity index (χ1n) is 14.2. The molecule has 4 aromatic carbocycles. The van der Waals surface area contributed by atoms with E-state index in [-0.39, 0.29) is 29.7 Å². The molecule has 2 amide bonds. The number of rotatable bonds is 14. The molecule has 0 spiro atoms. The predicted molar refractivity (Wildman–Crippen MR) is 167 cm³/mol. The molecule has 4 rings (SSSR count). The van der Waals surface area contributed by atoms with Crippen LogP contribution in [-0.4, -0.2) is 38.8 Å². The van der Waals surface area contributed by atoms with Crippen molar-refractivity contribution in [3.8, 4) is 5.75 Å². The summed E-state index contributed by atoms with van der Waals surface area (Å²) in [7, 11) is -1.96. The molecule has 0 saturated carbocycles. The number of ether oxygens (including phenoxy) is 1. The average Bonchev–Trinajstić information content (AvgIpc) is 3.03. The minimum atomic E-state index is -3.56. The minimum Gasteiger partial charge on any atom is -0.497 e. The Balaban J connectivity index is 1.57. The van der Waals surface area contributed by atoms with E-state index in [1.165, 1.54) is 0 Å². The van der Waals surface area contributed by atoms with E-state index in [2.05, 4.69) is 10.0 Å². The molecule has 0 heterocycles. The molecule has 0 aromatic heterocycles. The summed E-state index contributed by atoms with van der Waals surface area (Å²) in [6, 6.07) is 32.0. The van der Waals surface area contributed by atoms with Crippen molar-refractivity contribution < 1.29 is 22.7 Å². The Bertz CT molecular complexity index is 1580. The number of carbonyl (C=O) groups is 2. The molecule has 8 nitrogen and oxygen atoms in total. The van der Waals surface area contributed by atoms with Crippen LogP contribution in [0.2, 0.25) is 0 Å². The number of methoxy groups -OCH3 is 1. The number of hydrogen-bond acceptors (Lipinski definition) is 5. The molecule has 43 heavy (non-hydrogen) atoms. The molecule has 2 N–H and O–H groups in total. The van der Waals surface area contributed by atoms with Gasteiger partial charge in [-0.3, -0.25) is 9.59 Å². The topological polar surface area (TPSA) is 105 Å². The predicted octanol–water partition coefficient (Wildman–Crippen LogP) is 5.01. The first-order chi connectivity index (χ1) is 20.8. The maximum atomic E-state index is 13.9. The molecule has 0 bridgehead atoms. The lowest BCUT2D eigenvalue weighted by atomic mass is 10.0. The molecule has 0 aliphatic heterocycles. The number of carbonyl (C=O) groups excluding carboxylic acids is 2. The maximum Gasteiger partial charge on any atom is 0.247 e. The molecule has 0 aliphatic rings. The summed E-state index contributed by atoms with van der Waals surface area (Å²) in [5, 5.41) is 3.02. The highest BCUT2D eigenvalue weighted by atomic mass is 32.2. The van der Waals surface area contributed by atoms with Gasteiger partial charge in [0.1, 0.15) is 11.8 Å². The molecular weight excluding hydrogens is 562 g/mol. The molecule has 1 unspecified atom stereocenters. The summed E-state index contributed by atoms with van der Waals surface area (Å²) in [5.41, 5.74) is 3.33. The van der Waals surface area contributed by atoms with Gasteiger partial charge in [-0.2, -0.15) is 0 Å². The van der Waals surface area contributed by atoms with Crippen LogP contribution >= 0.6 is 0 Å². The second-order valence-corrected chi connectivity index (χ2v) is 11.8. The van der Waals surface area contributed by atoms with E-state index in [0.29, 0.717) is 25.1 Å². The molecule has 1 atom stereocenters. The van der Waals surface area contributed by atoms with E-state index in [9.17, 15) is 18.0 Å². The van der Waals surface area contributed by atoms with Gasteiger partial charge in [0.05, 0.1) is 12.0 Å². The van der Waals surface area contributed by atoms with Crippen LogP contribution in [0.15, 0.2) is 114 Å². The standard InChI is InChI=1S/C34H37N3O5S/c1-3-36-43(40,41)31-21-16-26(17-22-31)18-23-32(38)37(25-28-10-6-4-7-11-28)33(29-12-8-5-9-13-29)34(39)35-24-27-14-19-30(42-2)20-15-27/h4-17,19-22,33,36H,3,18,23-25H2,1-2H3,(H,35,39). The second-order valence-electron chi connectivity index (χ2n) is 10.0. The molecule has 0 aliphatic carbocycles. The third-order valence-electron chi connectivity index (χ3n) is 7.01. The Morgan fingerprint density at radius 1 is 0.791 bits per heavy atom. The van der Waals surface area contributed by atoms with E-state index in [4.69, 9.17) is 4.74 Å². The molecule has 9 heteroatoms. The highest BCUT2D eigenvalue weighted by molar-refractivity contribution is 7.89. The van der Waals surface area contributed by atoms with Crippen LogP contribution in [0.1, 0.15) is 41.6 Å². The van der Waals surface area contributed by atoms with Crippen molar-refractivity contribution in [1.29, 1.82) is 0 Å². The number of nitrogens with one attached hydrogen (secondary N) is 2. The van der Waals surface area contributed by atoms with Crippen molar-refractivity contribution in [3.63, 3.8) is 0 Å². The van der Waals surface area contributed by atoms with Gasteiger partial charge in [-0.05, 0) is 52.9 Å². The Morgan fingerprint density at radius 2 is 1.40 bits per heavy atom. The molecule has 0 fully saturated rings. The number of sulfonamides is 1. The fourth-order valence-electron chi connectivity index (χ4n) is 4.74. The van der Waals surface area contributed by atoms with Crippen LogP contribution < -0.4 is 14.8 Å². The van der Waals surface area contributed by atoms with Crippen LogP contribution in [0.25, 0.3) is 0 Å². The fraction of sp³-hybridized carbons (Fsp3) is 0.235. The zero-order chi connectivity index (χ0) is 30.7. The van der Waals surface area contributed by atoms with Gasteiger partial charge in [0.15, 0.2) is 0 Å². The van der Waals surface area contributed by atoms with Crippen molar-refractivity contribution in [1.82, 2.24) is 14.9 Å². The van der Waals surface area contributed by atoms with Crippen LogP contribution in [-0.2, 0) is 39.1 Å².